The summed E-state index contributed by atoms with van der Waals surface area (Å²) in [6, 6.07) is 11.6. The molecular weight excluding hydrogens is 254 g/mol. The van der Waals surface area contributed by atoms with Crippen molar-refractivity contribution >= 4 is 10.1 Å². The highest BCUT2D eigenvalue weighted by Gasteiger charge is 2.21. The maximum absolute atomic E-state index is 11.9. The molecule has 0 aliphatic rings. The smallest absolute Gasteiger partial charge is 0.396 e. The first-order chi connectivity index (χ1) is 8.08. The van der Waals surface area contributed by atoms with E-state index in [4.69, 9.17) is 4.28 Å². The molecule has 5 nitrogen and oxygen atoms in total. The van der Waals surface area contributed by atoms with Gasteiger partial charge in [-0.3, -0.25) is 0 Å². The van der Waals surface area contributed by atoms with Gasteiger partial charge >= 0.3 is 10.1 Å². The van der Waals surface area contributed by atoms with E-state index in [9.17, 15) is 8.42 Å². The molecule has 2 N–H and O–H groups in total. The lowest BCUT2D eigenvalue weighted by Crippen LogP contribution is -2.44. The van der Waals surface area contributed by atoms with Gasteiger partial charge in [0.1, 0.15) is 4.90 Å². The van der Waals surface area contributed by atoms with E-state index in [0.29, 0.717) is 0 Å². The minimum absolute atomic E-state index is 0. The number of hydrogen-bond donors (Lipinski definition) is 0. The maximum atomic E-state index is 11.9. The van der Waals surface area contributed by atoms with Crippen molar-refractivity contribution in [3.8, 4) is 0 Å². The second-order valence-electron chi connectivity index (χ2n) is 3.58. The number of pyridine rings is 1. The highest BCUT2D eigenvalue weighted by atomic mass is 32.2. The van der Waals surface area contributed by atoms with Gasteiger partial charge in [0.25, 0.3) is 0 Å². The molecule has 0 fully saturated rings. The molecule has 0 aliphatic carbocycles. The Morgan fingerprint density at radius 2 is 1.56 bits per heavy atom. The average molecular weight is 268 g/mol. The van der Waals surface area contributed by atoms with Crippen molar-refractivity contribution in [1.29, 1.82) is 0 Å². The summed E-state index contributed by atoms with van der Waals surface area (Å²) in [6.45, 7) is 1.89. The van der Waals surface area contributed by atoms with Crippen LogP contribution < -0.4 is 9.01 Å². The van der Waals surface area contributed by atoms with Gasteiger partial charge in [-0.25, -0.2) is 0 Å². The number of aryl methyl sites for hydroxylation is 1. The third-order valence-electron chi connectivity index (χ3n) is 2.18. The van der Waals surface area contributed by atoms with Gasteiger partial charge in [0.05, 0.1) is 0 Å². The highest BCUT2D eigenvalue weighted by Crippen LogP contribution is 2.09. The SMILES string of the molecule is Cc1ccc(S(=O)(=O)O[n+]2ccccc2)cc1.O. The first-order valence-corrected chi connectivity index (χ1v) is 6.47. The second-order valence-corrected chi connectivity index (χ2v) is 5.11. The van der Waals surface area contributed by atoms with Gasteiger partial charge in [-0.2, -0.15) is 8.42 Å². The summed E-state index contributed by atoms with van der Waals surface area (Å²) in [4.78, 5) is 0.138. The van der Waals surface area contributed by atoms with Crippen molar-refractivity contribution in [2.24, 2.45) is 0 Å². The van der Waals surface area contributed by atoms with E-state index in [1.54, 1.807) is 30.3 Å². The van der Waals surface area contributed by atoms with Gasteiger partial charge in [0.15, 0.2) is 0 Å². The van der Waals surface area contributed by atoms with Crippen LogP contribution in [-0.4, -0.2) is 13.9 Å². The van der Waals surface area contributed by atoms with Crippen LogP contribution in [0.1, 0.15) is 5.56 Å². The summed E-state index contributed by atoms with van der Waals surface area (Å²) in [6.07, 6.45) is 3.04. The van der Waals surface area contributed by atoms with Crippen LogP contribution in [-0.2, 0) is 10.1 Å². The zero-order chi connectivity index (χ0) is 12.3. The molecule has 0 unspecified atom stereocenters. The molecule has 0 saturated heterocycles. The molecule has 0 aliphatic heterocycles. The Bertz CT molecular complexity index is 594. The molecule has 0 spiro atoms. The summed E-state index contributed by atoms with van der Waals surface area (Å²) >= 11 is 0. The Morgan fingerprint density at radius 1 is 1.00 bits per heavy atom. The van der Waals surface area contributed by atoms with Crippen molar-refractivity contribution in [2.45, 2.75) is 11.8 Å². The fourth-order valence-corrected chi connectivity index (χ4v) is 2.18. The van der Waals surface area contributed by atoms with Gasteiger partial charge < -0.3 is 5.48 Å². The highest BCUT2D eigenvalue weighted by molar-refractivity contribution is 7.86. The van der Waals surface area contributed by atoms with Gasteiger partial charge in [0.2, 0.25) is 12.4 Å². The summed E-state index contributed by atoms with van der Waals surface area (Å²) in [5, 5.41) is 0. The quantitative estimate of drug-likeness (QED) is 0.750. The summed E-state index contributed by atoms with van der Waals surface area (Å²) in [7, 11) is -3.77. The number of rotatable bonds is 3. The van der Waals surface area contributed by atoms with Crippen molar-refractivity contribution in [3.05, 3.63) is 60.4 Å². The Hall–Kier alpha value is -1.92. The van der Waals surface area contributed by atoms with Crippen molar-refractivity contribution in [1.82, 2.24) is 0 Å². The topological polar surface area (TPSA) is 78.8 Å². The predicted octanol–water partition coefficient (Wildman–Crippen LogP) is 0.275. The molecule has 1 aromatic carbocycles. The lowest BCUT2D eigenvalue weighted by atomic mass is 10.2. The lowest BCUT2D eigenvalue weighted by molar-refractivity contribution is -0.856. The van der Waals surface area contributed by atoms with E-state index < -0.39 is 10.1 Å². The molecule has 18 heavy (non-hydrogen) atoms. The Kier molecular flexibility index (Phi) is 4.41. The first kappa shape index (κ1) is 14.1. The van der Waals surface area contributed by atoms with E-state index in [1.165, 1.54) is 24.5 Å². The van der Waals surface area contributed by atoms with Crippen LogP contribution in [0.4, 0.5) is 0 Å². The number of benzene rings is 1. The van der Waals surface area contributed by atoms with Crippen LogP contribution in [0.25, 0.3) is 0 Å². The second kappa shape index (κ2) is 5.61. The van der Waals surface area contributed by atoms with Crippen LogP contribution in [0.5, 0.6) is 0 Å². The molecule has 1 aromatic heterocycles. The monoisotopic (exact) mass is 268 g/mol. The zero-order valence-corrected chi connectivity index (χ0v) is 10.6. The molecule has 2 rings (SSSR count). The van der Waals surface area contributed by atoms with Crippen molar-refractivity contribution in [2.75, 3.05) is 0 Å². The Morgan fingerprint density at radius 3 is 2.11 bits per heavy atom. The minimum Gasteiger partial charge on any atom is -0.412 e. The standard InChI is InChI=1S/C12H12NO3S.H2O/c1-11-5-7-12(8-6-11)17(14,15)16-13-9-3-2-4-10-13;/h2-10H,1H3;1H2/q+1;. The van der Waals surface area contributed by atoms with Crippen LogP contribution in [0.15, 0.2) is 59.8 Å². The Balaban J connectivity index is 0.00000162. The minimum atomic E-state index is -3.77. The molecule has 1 heterocycles. The van der Waals surface area contributed by atoms with Crippen LogP contribution in [0, 0.1) is 6.92 Å². The van der Waals surface area contributed by atoms with E-state index in [0.717, 1.165) is 10.3 Å². The third kappa shape index (κ3) is 3.28. The third-order valence-corrected chi connectivity index (χ3v) is 3.40. The fourth-order valence-electron chi connectivity index (χ4n) is 1.29. The van der Waals surface area contributed by atoms with Crippen molar-refractivity contribution in [3.63, 3.8) is 0 Å². The first-order valence-electron chi connectivity index (χ1n) is 5.06. The predicted molar refractivity (Wildman–Crippen MR) is 65.2 cm³/mol. The number of nitrogens with zero attached hydrogens (tertiary/aromatic N) is 1. The molecule has 2 aromatic rings. The molecule has 0 bridgehead atoms. The van der Waals surface area contributed by atoms with E-state index >= 15 is 0 Å². The molecule has 96 valence electrons. The van der Waals surface area contributed by atoms with Crippen LogP contribution >= 0.6 is 0 Å². The van der Waals surface area contributed by atoms with Crippen LogP contribution in [0.3, 0.4) is 0 Å². The van der Waals surface area contributed by atoms with Gasteiger partial charge in [-0.15, -0.1) is 4.28 Å². The molecule has 0 amide bonds. The normalized spacial score (nSPS) is 10.5. The summed E-state index contributed by atoms with van der Waals surface area (Å²) in [5.41, 5.74) is 0.997. The Labute approximate surface area is 106 Å². The van der Waals surface area contributed by atoms with Crippen LogP contribution in [0.2, 0.25) is 0 Å². The summed E-state index contributed by atoms with van der Waals surface area (Å²) < 4.78 is 29.8. The van der Waals surface area contributed by atoms with Gasteiger partial charge in [-0.05, 0) is 19.1 Å². The molecule has 0 saturated carbocycles. The molecule has 0 radical (unpaired) electrons. The van der Waals surface area contributed by atoms with E-state index in [2.05, 4.69) is 0 Å². The fraction of sp³-hybridized carbons (Fsp3) is 0.0833. The molecule has 0 atom stereocenters. The summed E-state index contributed by atoms with van der Waals surface area (Å²) in [5.74, 6) is 0. The number of hydrogen-bond acceptors (Lipinski definition) is 3. The zero-order valence-electron chi connectivity index (χ0n) is 9.78. The largest absolute Gasteiger partial charge is 0.412 e. The number of aromatic nitrogens is 1. The van der Waals surface area contributed by atoms with E-state index in [-0.39, 0.29) is 10.4 Å². The van der Waals surface area contributed by atoms with Gasteiger partial charge in [0, 0.05) is 16.9 Å². The molecular formula is C12H14NO4S+. The average Bonchev–Trinajstić information content (AvgIpc) is 2.30. The lowest BCUT2D eigenvalue weighted by Gasteiger charge is -2.00. The van der Waals surface area contributed by atoms with Gasteiger partial charge in [-0.1, -0.05) is 23.8 Å². The van der Waals surface area contributed by atoms with E-state index in [1.807, 2.05) is 6.92 Å². The maximum Gasteiger partial charge on any atom is 0.396 e. The van der Waals surface area contributed by atoms with Crippen molar-refractivity contribution < 1.29 is 22.9 Å². The molecule has 6 heteroatoms.